The standard InChI is InChI=1S/C20H16BrN3O3S2/c21-15-8-6-14(7-9-15)19(25)23-20(28)22-16-10-12-18(13-11-16)29(26,27)24-17-4-2-1-3-5-17/h1-13,24H,(H2,22,23,25,28). The number of carbonyl (C=O) groups excluding carboxylic acids is 1. The Labute approximate surface area is 182 Å². The second kappa shape index (κ2) is 9.17. The van der Waals surface area contributed by atoms with Crippen molar-refractivity contribution < 1.29 is 13.2 Å². The topological polar surface area (TPSA) is 87.3 Å². The summed E-state index contributed by atoms with van der Waals surface area (Å²) in [6, 6.07) is 21.5. The van der Waals surface area contributed by atoms with Crippen LogP contribution in [0.25, 0.3) is 0 Å². The van der Waals surface area contributed by atoms with Gasteiger partial charge in [-0.05, 0) is 72.9 Å². The highest BCUT2D eigenvalue weighted by atomic mass is 79.9. The summed E-state index contributed by atoms with van der Waals surface area (Å²) in [6.07, 6.45) is 0. The minimum atomic E-state index is -3.70. The first-order valence-corrected chi connectivity index (χ1v) is 11.1. The van der Waals surface area contributed by atoms with E-state index in [1.807, 2.05) is 0 Å². The van der Waals surface area contributed by atoms with Crippen molar-refractivity contribution in [3.63, 3.8) is 0 Å². The van der Waals surface area contributed by atoms with Gasteiger partial charge in [-0.25, -0.2) is 8.42 Å². The third kappa shape index (κ3) is 5.86. The van der Waals surface area contributed by atoms with E-state index in [9.17, 15) is 13.2 Å². The highest BCUT2D eigenvalue weighted by molar-refractivity contribution is 9.10. The summed E-state index contributed by atoms with van der Waals surface area (Å²) in [5, 5.41) is 5.54. The predicted octanol–water partition coefficient (Wildman–Crippen LogP) is 4.38. The van der Waals surface area contributed by atoms with Crippen LogP contribution in [0.15, 0.2) is 88.2 Å². The first-order valence-electron chi connectivity index (χ1n) is 8.39. The van der Waals surface area contributed by atoms with Crippen LogP contribution in [0.2, 0.25) is 0 Å². The van der Waals surface area contributed by atoms with Crippen molar-refractivity contribution in [1.82, 2.24) is 5.32 Å². The molecule has 0 aliphatic carbocycles. The van der Waals surface area contributed by atoms with Crippen LogP contribution < -0.4 is 15.4 Å². The van der Waals surface area contributed by atoms with Gasteiger partial charge in [0.05, 0.1) is 4.90 Å². The van der Waals surface area contributed by atoms with Crippen molar-refractivity contribution in [2.75, 3.05) is 10.0 Å². The number of hydrogen-bond donors (Lipinski definition) is 3. The highest BCUT2D eigenvalue weighted by Gasteiger charge is 2.14. The van der Waals surface area contributed by atoms with Crippen molar-refractivity contribution in [1.29, 1.82) is 0 Å². The van der Waals surface area contributed by atoms with Crippen molar-refractivity contribution in [3.8, 4) is 0 Å². The maximum Gasteiger partial charge on any atom is 0.261 e. The summed E-state index contributed by atoms with van der Waals surface area (Å²) < 4.78 is 28.3. The zero-order valence-electron chi connectivity index (χ0n) is 14.9. The molecule has 0 atom stereocenters. The molecule has 3 rings (SSSR count). The molecule has 0 saturated carbocycles. The molecule has 148 valence electrons. The molecule has 0 fully saturated rings. The molecule has 3 aromatic carbocycles. The lowest BCUT2D eigenvalue weighted by atomic mass is 10.2. The number of hydrogen-bond acceptors (Lipinski definition) is 4. The number of halogens is 1. The van der Waals surface area contributed by atoms with Gasteiger partial charge in [0.2, 0.25) is 0 Å². The number of amides is 1. The average Bonchev–Trinajstić information content (AvgIpc) is 2.69. The minimum Gasteiger partial charge on any atom is -0.332 e. The van der Waals surface area contributed by atoms with Crippen LogP contribution in [0.3, 0.4) is 0 Å². The fourth-order valence-corrected chi connectivity index (χ4v) is 3.91. The fraction of sp³-hybridized carbons (Fsp3) is 0. The first kappa shape index (κ1) is 21.0. The molecular weight excluding hydrogens is 474 g/mol. The van der Waals surface area contributed by atoms with Gasteiger partial charge in [-0.15, -0.1) is 0 Å². The Kier molecular flexibility index (Phi) is 6.63. The molecular formula is C20H16BrN3O3S2. The molecule has 0 radical (unpaired) electrons. The number of para-hydroxylation sites is 1. The molecule has 0 aromatic heterocycles. The molecule has 0 heterocycles. The first-order chi connectivity index (χ1) is 13.8. The monoisotopic (exact) mass is 489 g/mol. The Morgan fingerprint density at radius 2 is 1.45 bits per heavy atom. The van der Waals surface area contributed by atoms with Crippen molar-refractivity contribution >= 4 is 60.6 Å². The van der Waals surface area contributed by atoms with Gasteiger partial charge in [0.15, 0.2) is 5.11 Å². The SMILES string of the molecule is O=C(NC(=S)Nc1ccc(S(=O)(=O)Nc2ccccc2)cc1)c1ccc(Br)cc1. The van der Waals surface area contributed by atoms with E-state index >= 15 is 0 Å². The van der Waals surface area contributed by atoms with Gasteiger partial charge in [-0.1, -0.05) is 34.1 Å². The zero-order valence-corrected chi connectivity index (χ0v) is 18.1. The average molecular weight is 490 g/mol. The van der Waals surface area contributed by atoms with E-state index in [-0.39, 0.29) is 15.9 Å². The normalized spacial score (nSPS) is 10.8. The van der Waals surface area contributed by atoms with E-state index in [2.05, 4.69) is 31.3 Å². The van der Waals surface area contributed by atoms with E-state index < -0.39 is 10.0 Å². The highest BCUT2D eigenvalue weighted by Crippen LogP contribution is 2.18. The summed E-state index contributed by atoms with van der Waals surface area (Å²) in [7, 11) is -3.70. The van der Waals surface area contributed by atoms with E-state index in [0.29, 0.717) is 16.9 Å². The number of carbonyl (C=O) groups is 1. The smallest absolute Gasteiger partial charge is 0.261 e. The van der Waals surface area contributed by atoms with E-state index in [1.54, 1.807) is 66.7 Å². The molecule has 6 nitrogen and oxygen atoms in total. The van der Waals surface area contributed by atoms with Gasteiger partial charge in [-0.2, -0.15) is 0 Å². The summed E-state index contributed by atoms with van der Waals surface area (Å²) in [5.41, 5.74) is 1.49. The molecule has 0 bridgehead atoms. The molecule has 0 spiro atoms. The number of sulfonamides is 1. The molecule has 1 amide bonds. The van der Waals surface area contributed by atoms with Gasteiger partial charge in [0.1, 0.15) is 0 Å². The van der Waals surface area contributed by atoms with Crippen LogP contribution in [0.1, 0.15) is 10.4 Å². The Morgan fingerprint density at radius 3 is 2.07 bits per heavy atom. The van der Waals surface area contributed by atoms with Gasteiger partial charge in [0.25, 0.3) is 15.9 Å². The molecule has 9 heteroatoms. The van der Waals surface area contributed by atoms with Crippen LogP contribution in [-0.2, 0) is 10.0 Å². The Morgan fingerprint density at radius 1 is 0.828 bits per heavy atom. The number of anilines is 2. The molecule has 0 aliphatic heterocycles. The summed E-state index contributed by atoms with van der Waals surface area (Å²) in [4.78, 5) is 12.3. The van der Waals surface area contributed by atoms with Crippen molar-refractivity contribution in [2.45, 2.75) is 4.90 Å². The van der Waals surface area contributed by atoms with Gasteiger partial charge in [-0.3, -0.25) is 14.8 Å². The van der Waals surface area contributed by atoms with Crippen LogP contribution in [0.4, 0.5) is 11.4 Å². The second-order valence-electron chi connectivity index (χ2n) is 5.91. The number of nitrogens with one attached hydrogen (secondary N) is 3. The van der Waals surface area contributed by atoms with Crippen LogP contribution >= 0.6 is 28.1 Å². The molecule has 29 heavy (non-hydrogen) atoms. The van der Waals surface area contributed by atoms with E-state index in [1.165, 1.54) is 12.1 Å². The van der Waals surface area contributed by atoms with Crippen LogP contribution in [0, 0.1) is 0 Å². The van der Waals surface area contributed by atoms with E-state index in [0.717, 1.165) is 4.47 Å². The summed E-state index contributed by atoms with van der Waals surface area (Å²) in [6.45, 7) is 0. The molecule has 3 aromatic rings. The maximum atomic E-state index is 12.4. The number of benzene rings is 3. The largest absolute Gasteiger partial charge is 0.332 e. The van der Waals surface area contributed by atoms with Gasteiger partial charge < -0.3 is 5.32 Å². The quantitative estimate of drug-likeness (QED) is 0.463. The third-order valence-corrected chi connectivity index (χ3v) is 5.91. The number of rotatable bonds is 5. The lowest BCUT2D eigenvalue weighted by Crippen LogP contribution is -2.34. The minimum absolute atomic E-state index is 0.107. The third-order valence-electron chi connectivity index (χ3n) is 3.78. The molecule has 3 N–H and O–H groups in total. The lowest BCUT2D eigenvalue weighted by molar-refractivity contribution is 0.0977. The lowest BCUT2D eigenvalue weighted by Gasteiger charge is -2.11. The van der Waals surface area contributed by atoms with Crippen molar-refractivity contribution in [3.05, 3.63) is 88.9 Å². The van der Waals surface area contributed by atoms with Crippen LogP contribution in [-0.4, -0.2) is 19.4 Å². The Bertz CT molecular complexity index is 1120. The molecule has 0 saturated heterocycles. The fourth-order valence-electron chi connectivity index (χ4n) is 2.38. The molecule has 0 aliphatic rings. The van der Waals surface area contributed by atoms with Crippen molar-refractivity contribution in [2.24, 2.45) is 0 Å². The van der Waals surface area contributed by atoms with Crippen LogP contribution in [0.5, 0.6) is 0 Å². The second-order valence-corrected chi connectivity index (χ2v) is 8.92. The Hall–Kier alpha value is -2.75. The summed E-state index contributed by atoms with van der Waals surface area (Å²) in [5.74, 6) is -0.346. The van der Waals surface area contributed by atoms with Gasteiger partial charge >= 0.3 is 0 Å². The van der Waals surface area contributed by atoms with Gasteiger partial charge in [0, 0.05) is 21.4 Å². The molecule has 0 unspecified atom stereocenters. The maximum absolute atomic E-state index is 12.4. The Balaban J connectivity index is 1.62. The predicted molar refractivity (Wildman–Crippen MR) is 122 cm³/mol. The zero-order chi connectivity index (χ0) is 20.9. The summed E-state index contributed by atoms with van der Waals surface area (Å²) >= 11 is 8.46. The van der Waals surface area contributed by atoms with E-state index in [4.69, 9.17) is 12.2 Å². The number of thiocarbonyl (C=S) groups is 1.